The molecule has 0 aliphatic heterocycles. The molecule has 0 aromatic heterocycles. The Morgan fingerprint density at radius 1 is 1.26 bits per heavy atom. The SMILES string of the molecule is C[C@@H](N)C(=O)NC(Cc1ccccc1)C(=O)N(C)C. The minimum Gasteiger partial charge on any atom is -0.347 e. The summed E-state index contributed by atoms with van der Waals surface area (Å²) in [6.45, 7) is 1.59. The van der Waals surface area contributed by atoms with Crippen LogP contribution in [0.3, 0.4) is 0 Å². The first-order valence-electron chi connectivity index (χ1n) is 6.23. The summed E-state index contributed by atoms with van der Waals surface area (Å²) in [7, 11) is 3.33. The number of carbonyl (C=O) groups excluding carboxylic acids is 2. The Hall–Kier alpha value is -1.88. The van der Waals surface area contributed by atoms with Gasteiger partial charge in [0, 0.05) is 20.5 Å². The van der Waals surface area contributed by atoms with E-state index >= 15 is 0 Å². The van der Waals surface area contributed by atoms with Gasteiger partial charge in [-0.15, -0.1) is 0 Å². The molecule has 2 amide bonds. The highest BCUT2D eigenvalue weighted by Crippen LogP contribution is 2.05. The van der Waals surface area contributed by atoms with E-state index in [1.165, 1.54) is 4.90 Å². The summed E-state index contributed by atoms with van der Waals surface area (Å²) in [6.07, 6.45) is 0.455. The Balaban J connectivity index is 2.81. The van der Waals surface area contributed by atoms with Crippen molar-refractivity contribution in [2.45, 2.75) is 25.4 Å². The van der Waals surface area contributed by atoms with Gasteiger partial charge in [0.25, 0.3) is 0 Å². The number of nitrogens with zero attached hydrogens (tertiary/aromatic N) is 1. The Bertz CT molecular complexity index is 430. The van der Waals surface area contributed by atoms with Crippen molar-refractivity contribution in [3.05, 3.63) is 35.9 Å². The van der Waals surface area contributed by atoms with Crippen molar-refractivity contribution in [3.63, 3.8) is 0 Å². The maximum Gasteiger partial charge on any atom is 0.244 e. The normalized spacial score (nSPS) is 13.5. The molecule has 19 heavy (non-hydrogen) atoms. The molecule has 3 N–H and O–H groups in total. The summed E-state index contributed by atoms with van der Waals surface area (Å²) < 4.78 is 0. The van der Waals surface area contributed by atoms with Gasteiger partial charge >= 0.3 is 0 Å². The van der Waals surface area contributed by atoms with E-state index in [2.05, 4.69) is 5.32 Å². The monoisotopic (exact) mass is 263 g/mol. The van der Waals surface area contributed by atoms with E-state index in [1.54, 1.807) is 21.0 Å². The maximum atomic E-state index is 12.1. The van der Waals surface area contributed by atoms with Crippen LogP contribution in [0.2, 0.25) is 0 Å². The van der Waals surface area contributed by atoms with Gasteiger partial charge in [0.15, 0.2) is 0 Å². The Kier molecular flexibility index (Phi) is 5.51. The second-order valence-corrected chi connectivity index (χ2v) is 4.77. The Labute approximate surface area is 113 Å². The zero-order valence-corrected chi connectivity index (χ0v) is 11.6. The molecule has 0 aliphatic rings. The van der Waals surface area contributed by atoms with Gasteiger partial charge in [-0.2, -0.15) is 0 Å². The quantitative estimate of drug-likeness (QED) is 0.794. The lowest BCUT2D eigenvalue weighted by Gasteiger charge is -2.22. The van der Waals surface area contributed by atoms with Crippen LogP contribution in [-0.4, -0.2) is 42.9 Å². The number of likely N-dealkylation sites (N-methyl/N-ethyl adjacent to an activating group) is 1. The van der Waals surface area contributed by atoms with Crippen molar-refractivity contribution in [3.8, 4) is 0 Å². The zero-order chi connectivity index (χ0) is 14.4. The number of carbonyl (C=O) groups is 2. The molecule has 1 unspecified atom stereocenters. The first-order valence-corrected chi connectivity index (χ1v) is 6.23. The molecule has 5 nitrogen and oxygen atoms in total. The molecule has 0 aliphatic carbocycles. The third-order valence-electron chi connectivity index (χ3n) is 2.75. The standard InChI is InChI=1S/C14H21N3O2/c1-10(15)13(18)16-12(14(19)17(2)3)9-11-7-5-4-6-8-11/h4-8,10,12H,9,15H2,1-3H3,(H,16,18)/t10-,12?/m1/s1. The molecular weight excluding hydrogens is 242 g/mol. The van der Waals surface area contributed by atoms with Gasteiger partial charge in [0.1, 0.15) is 6.04 Å². The molecule has 0 saturated heterocycles. The van der Waals surface area contributed by atoms with Crippen LogP contribution >= 0.6 is 0 Å². The number of hydrogen-bond acceptors (Lipinski definition) is 3. The van der Waals surface area contributed by atoms with E-state index < -0.39 is 12.1 Å². The number of nitrogens with two attached hydrogens (primary N) is 1. The first kappa shape index (κ1) is 15.2. The van der Waals surface area contributed by atoms with E-state index in [1.807, 2.05) is 30.3 Å². The van der Waals surface area contributed by atoms with Crippen LogP contribution in [0.1, 0.15) is 12.5 Å². The topological polar surface area (TPSA) is 75.4 Å². The molecule has 0 saturated carbocycles. The minimum absolute atomic E-state index is 0.141. The second kappa shape index (κ2) is 6.89. The van der Waals surface area contributed by atoms with Crippen LogP contribution in [0.15, 0.2) is 30.3 Å². The van der Waals surface area contributed by atoms with Crippen molar-refractivity contribution in [2.24, 2.45) is 5.73 Å². The lowest BCUT2D eigenvalue weighted by Crippen LogP contribution is -2.51. The van der Waals surface area contributed by atoms with Gasteiger partial charge in [-0.3, -0.25) is 9.59 Å². The third kappa shape index (κ3) is 4.71. The molecule has 1 rings (SSSR count). The van der Waals surface area contributed by atoms with Crippen LogP contribution < -0.4 is 11.1 Å². The van der Waals surface area contributed by atoms with Crippen LogP contribution in [0.5, 0.6) is 0 Å². The first-order chi connectivity index (χ1) is 8.91. The molecule has 5 heteroatoms. The van der Waals surface area contributed by atoms with Crippen molar-refractivity contribution >= 4 is 11.8 Å². The van der Waals surface area contributed by atoms with Gasteiger partial charge in [0.2, 0.25) is 11.8 Å². The lowest BCUT2D eigenvalue weighted by molar-refractivity contribution is -0.134. The summed E-state index contributed by atoms with van der Waals surface area (Å²) in [5.41, 5.74) is 6.51. The largest absolute Gasteiger partial charge is 0.347 e. The third-order valence-corrected chi connectivity index (χ3v) is 2.75. The van der Waals surface area contributed by atoms with Gasteiger partial charge in [-0.1, -0.05) is 30.3 Å². The smallest absolute Gasteiger partial charge is 0.244 e. The van der Waals surface area contributed by atoms with Gasteiger partial charge < -0.3 is 16.0 Å². The summed E-state index contributed by atoms with van der Waals surface area (Å²) in [4.78, 5) is 25.2. The van der Waals surface area contributed by atoms with Crippen molar-refractivity contribution in [1.82, 2.24) is 10.2 Å². The van der Waals surface area contributed by atoms with Gasteiger partial charge in [-0.25, -0.2) is 0 Å². The molecule has 0 fully saturated rings. The summed E-state index contributed by atoms with van der Waals surface area (Å²) in [5, 5.41) is 2.69. The average molecular weight is 263 g/mol. The summed E-state index contributed by atoms with van der Waals surface area (Å²) >= 11 is 0. The van der Waals surface area contributed by atoms with Crippen molar-refractivity contribution in [2.75, 3.05) is 14.1 Å². The highest BCUT2D eigenvalue weighted by molar-refractivity contribution is 5.89. The second-order valence-electron chi connectivity index (χ2n) is 4.77. The number of amides is 2. The van der Waals surface area contributed by atoms with Crippen LogP contribution in [0.25, 0.3) is 0 Å². The maximum absolute atomic E-state index is 12.1. The number of hydrogen-bond donors (Lipinski definition) is 2. The zero-order valence-electron chi connectivity index (χ0n) is 11.6. The van der Waals surface area contributed by atoms with Crippen LogP contribution in [0, 0.1) is 0 Å². The molecule has 2 atom stereocenters. The fourth-order valence-electron chi connectivity index (χ4n) is 1.66. The molecule has 0 bridgehead atoms. The van der Waals surface area contributed by atoms with Crippen molar-refractivity contribution in [1.29, 1.82) is 0 Å². The molecular formula is C14H21N3O2. The van der Waals surface area contributed by atoms with E-state index in [-0.39, 0.29) is 11.8 Å². The Morgan fingerprint density at radius 3 is 2.32 bits per heavy atom. The minimum atomic E-state index is -0.631. The average Bonchev–Trinajstić information content (AvgIpc) is 2.37. The highest BCUT2D eigenvalue weighted by Gasteiger charge is 2.23. The number of nitrogens with one attached hydrogen (secondary N) is 1. The molecule has 1 aromatic carbocycles. The van der Waals surface area contributed by atoms with E-state index in [0.717, 1.165) is 5.56 Å². The predicted molar refractivity (Wildman–Crippen MR) is 74.4 cm³/mol. The summed E-state index contributed by atoms with van der Waals surface area (Å²) in [5.74, 6) is -0.464. The summed E-state index contributed by atoms with van der Waals surface area (Å²) in [6, 6.07) is 8.35. The number of benzene rings is 1. The van der Waals surface area contributed by atoms with Crippen molar-refractivity contribution < 1.29 is 9.59 Å². The fourth-order valence-corrected chi connectivity index (χ4v) is 1.66. The van der Waals surface area contributed by atoms with E-state index in [9.17, 15) is 9.59 Å². The molecule has 0 heterocycles. The predicted octanol–water partition coefficient (Wildman–Crippen LogP) is 0.149. The molecule has 0 radical (unpaired) electrons. The lowest BCUT2D eigenvalue weighted by atomic mass is 10.0. The van der Waals surface area contributed by atoms with Gasteiger partial charge in [0.05, 0.1) is 6.04 Å². The van der Waals surface area contributed by atoms with Crippen LogP contribution in [-0.2, 0) is 16.0 Å². The Morgan fingerprint density at radius 2 is 1.84 bits per heavy atom. The van der Waals surface area contributed by atoms with Gasteiger partial charge in [-0.05, 0) is 12.5 Å². The molecule has 104 valence electrons. The van der Waals surface area contributed by atoms with E-state index in [4.69, 9.17) is 5.73 Å². The fraction of sp³-hybridized carbons (Fsp3) is 0.429. The van der Waals surface area contributed by atoms with E-state index in [0.29, 0.717) is 6.42 Å². The molecule has 1 aromatic rings. The molecule has 0 spiro atoms. The number of rotatable bonds is 5. The van der Waals surface area contributed by atoms with Crippen LogP contribution in [0.4, 0.5) is 0 Å². The highest BCUT2D eigenvalue weighted by atomic mass is 16.2.